The van der Waals surface area contributed by atoms with Crippen LogP contribution in [0.5, 0.6) is 5.75 Å². The zero-order valence-electron chi connectivity index (χ0n) is 15.0. The van der Waals surface area contributed by atoms with Crippen molar-refractivity contribution in [2.45, 2.75) is 27.4 Å². The Labute approximate surface area is 158 Å². The van der Waals surface area contributed by atoms with Crippen LogP contribution in [-0.4, -0.2) is 12.6 Å². The topological polar surface area (TPSA) is 59.3 Å². The number of carbonyl (C=O) groups excluding carboxylic acids is 1. The summed E-state index contributed by atoms with van der Waals surface area (Å²) < 4.78 is 10.7. The van der Waals surface area contributed by atoms with E-state index in [1.54, 1.807) is 19.1 Å². The third kappa shape index (κ3) is 4.87. The molecule has 0 amide bonds. The second-order valence-electron chi connectivity index (χ2n) is 5.75. The number of hydrogen-bond acceptors (Lipinski definition) is 4. The van der Waals surface area contributed by atoms with Gasteiger partial charge in [-0.2, -0.15) is 5.26 Å². The van der Waals surface area contributed by atoms with Crippen molar-refractivity contribution < 1.29 is 14.3 Å². The average molecular weight is 370 g/mol. The Morgan fingerprint density at radius 3 is 2.65 bits per heavy atom. The lowest BCUT2D eigenvalue weighted by molar-refractivity contribution is -0.137. The van der Waals surface area contributed by atoms with E-state index >= 15 is 0 Å². The van der Waals surface area contributed by atoms with Gasteiger partial charge in [-0.25, -0.2) is 4.79 Å². The zero-order valence-corrected chi connectivity index (χ0v) is 15.8. The summed E-state index contributed by atoms with van der Waals surface area (Å²) in [7, 11) is 0. The highest BCUT2D eigenvalue weighted by Gasteiger charge is 2.12. The predicted octanol–water partition coefficient (Wildman–Crippen LogP) is 5.01. The molecule has 0 radical (unpaired) electrons. The zero-order chi connectivity index (χ0) is 19.1. The molecule has 0 aliphatic heterocycles. The number of ether oxygens (including phenoxy) is 2. The molecule has 4 nitrogen and oxygen atoms in total. The molecule has 2 aromatic carbocycles. The molecule has 0 aromatic heterocycles. The number of benzene rings is 2. The Bertz CT molecular complexity index is 881. The molecule has 0 aliphatic carbocycles. The molecule has 26 heavy (non-hydrogen) atoms. The summed E-state index contributed by atoms with van der Waals surface area (Å²) in [6.45, 7) is 6.14. The minimum Gasteiger partial charge on any atom is -0.487 e. The van der Waals surface area contributed by atoms with Gasteiger partial charge in [-0.1, -0.05) is 41.4 Å². The fourth-order valence-corrected chi connectivity index (χ4v) is 2.67. The molecule has 2 rings (SSSR count). The van der Waals surface area contributed by atoms with E-state index in [9.17, 15) is 10.1 Å². The van der Waals surface area contributed by atoms with Crippen molar-refractivity contribution in [3.63, 3.8) is 0 Å². The van der Waals surface area contributed by atoms with Crippen LogP contribution in [0.1, 0.15) is 29.2 Å². The molecule has 0 N–H and O–H groups in total. The van der Waals surface area contributed by atoms with Crippen LogP contribution in [0.4, 0.5) is 0 Å². The molecule has 0 aliphatic rings. The van der Waals surface area contributed by atoms with Crippen molar-refractivity contribution in [2.75, 3.05) is 6.61 Å². The number of nitriles is 1. The quantitative estimate of drug-likeness (QED) is 0.408. The van der Waals surface area contributed by atoms with Gasteiger partial charge in [0.1, 0.15) is 24.0 Å². The Morgan fingerprint density at radius 1 is 1.27 bits per heavy atom. The number of para-hydroxylation sites is 1. The standard InChI is InChI=1S/C21H20ClNO3/c1-4-25-21(24)17(12-23)11-16-9-14(2)10-18(15(16)3)13-26-20-8-6-5-7-19(20)22/h5-11H,4,13H2,1-3H3/b17-11+. The SMILES string of the molecule is CCOC(=O)/C(C#N)=C/c1cc(C)cc(COc2ccccc2Cl)c1C. The second-order valence-corrected chi connectivity index (χ2v) is 6.15. The lowest BCUT2D eigenvalue weighted by Crippen LogP contribution is -2.07. The first-order chi connectivity index (χ1) is 12.5. The highest BCUT2D eigenvalue weighted by molar-refractivity contribution is 6.32. The van der Waals surface area contributed by atoms with Gasteiger partial charge in [-0.15, -0.1) is 0 Å². The van der Waals surface area contributed by atoms with E-state index in [0.29, 0.717) is 17.4 Å². The van der Waals surface area contributed by atoms with Crippen molar-refractivity contribution in [2.24, 2.45) is 0 Å². The smallest absolute Gasteiger partial charge is 0.348 e. The van der Waals surface area contributed by atoms with Gasteiger partial charge < -0.3 is 9.47 Å². The molecule has 5 heteroatoms. The van der Waals surface area contributed by atoms with Crippen LogP contribution < -0.4 is 4.74 Å². The summed E-state index contributed by atoms with van der Waals surface area (Å²) in [5.74, 6) is -0.0128. The average Bonchev–Trinajstić information content (AvgIpc) is 2.62. The lowest BCUT2D eigenvalue weighted by Gasteiger charge is -2.13. The normalized spacial score (nSPS) is 11.0. The molecule has 0 unspecified atom stereocenters. The van der Waals surface area contributed by atoms with E-state index in [1.807, 2.05) is 50.2 Å². The van der Waals surface area contributed by atoms with Crippen LogP contribution in [0.3, 0.4) is 0 Å². The Hall–Kier alpha value is -2.77. The summed E-state index contributed by atoms with van der Waals surface area (Å²) in [5.41, 5.74) is 3.64. The predicted molar refractivity (Wildman–Crippen MR) is 102 cm³/mol. The van der Waals surface area contributed by atoms with Gasteiger partial charge in [-0.3, -0.25) is 0 Å². The van der Waals surface area contributed by atoms with Gasteiger partial charge in [0.25, 0.3) is 0 Å². The maximum Gasteiger partial charge on any atom is 0.348 e. The Morgan fingerprint density at radius 2 is 2.00 bits per heavy atom. The van der Waals surface area contributed by atoms with E-state index in [-0.39, 0.29) is 12.2 Å². The van der Waals surface area contributed by atoms with Crippen LogP contribution in [0.2, 0.25) is 5.02 Å². The van der Waals surface area contributed by atoms with Crippen LogP contribution >= 0.6 is 11.6 Å². The number of halogens is 1. The monoisotopic (exact) mass is 369 g/mol. The highest BCUT2D eigenvalue weighted by Crippen LogP contribution is 2.26. The first-order valence-electron chi connectivity index (χ1n) is 8.22. The van der Waals surface area contributed by atoms with Crippen LogP contribution in [0, 0.1) is 25.2 Å². The molecule has 0 bridgehead atoms. The maximum absolute atomic E-state index is 11.9. The third-order valence-electron chi connectivity index (χ3n) is 3.84. The van der Waals surface area contributed by atoms with E-state index in [4.69, 9.17) is 21.1 Å². The molecule has 0 saturated heterocycles. The third-order valence-corrected chi connectivity index (χ3v) is 4.15. The molecule has 0 saturated carbocycles. The molecule has 0 fully saturated rings. The van der Waals surface area contributed by atoms with Crippen molar-refractivity contribution >= 4 is 23.6 Å². The largest absolute Gasteiger partial charge is 0.487 e. The minimum atomic E-state index is -0.621. The summed E-state index contributed by atoms with van der Waals surface area (Å²) in [4.78, 5) is 11.9. The van der Waals surface area contributed by atoms with Crippen molar-refractivity contribution in [3.8, 4) is 11.8 Å². The molecule has 0 atom stereocenters. The van der Waals surface area contributed by atoms with Gasteiger partial charge in [0.05, 0.1) is 11.6 Å². The van der Waals surface area contributed by atoms with E-state index in [2.05, 4.69) is 0 Å². The number of hydrogen-bond donors (Lipinski definition) is 0. The van der Waals surface area contributed by atoms with Crippen molar-refractivity contribution in [1.29, 1.82) is 5.26 Å². The number of aryl methyl sites for hydroxylation is 1. The molecular weight excluding hydrogens is 350 g/mol. The van der Waals surface area contributed by atoms with Gasteiger partial charge in [0.15, 0.2) is 0 Å². The fourth-order valence-electron chi connectivity index (χ4n) is 2.48. The number of carbonyl (C=O) groups is 1. The van der Waals surface area contributed by atoms with Crippen molar-refractivity contribution in [1.82, 2.24) is 0 Å². The summed E-state index contributed by atoms with van der Waals surface area (Å²) >= 11 is 6.12. The molecule has 2 aromatic rings. The van der Waals surface area contributed by atoms with Crippen LogP contribution in [0.25, 0.3) is 6.08 Å². The number of rotatable bonds is 6. The van der Waals surface area contributed by atoms with Gasteiger partial charge in [0.2, 0.25) is 0 Å². The fraction of sp³-hybridized carbons (Fsp3) is 0.238. The van der Waals surface area contributed by atoms with Gasteiger partial charge >= 0.3 is 5.97 Å². The lowest BCUT2D eigenvalue weighted by atomic mass is 9.98. The van der Waals surface area contributed by atoms with E-state index in [1.165, 1.54) is 0 Å². The molecule has 134 valence electrons. The minimum absolute atomic E-state index is 0.0291. The molecule has 0 heterocycles. The molecule has 0 spiro atoms. The van der Waals surface area contributed by atoms with Crippen molar-refractivity contribution in [3.05, 3.63) is 69.2 Å². The number of nitrogens with zero attached hydrogens (tertiary/aromatic N) is 1. The first-order valence-corrected chi connectivity index (χ1v) is 8.60. The van der Waals surface area contributed by atoms with E-state index in [0.717, 1.165) is 22.3 Å². The Balaban J connectivity index is 2.32. The van der Waals surface area contributed by atoms with Gasteiger partial charge in [0, 0.05) is 0 Å². The second kappa shape index (κ2) is 9.07. The number of esters is 1. The van der Waals surface area contributed by atoms with Gasteiger partial charge in [-0.05, 0) is 55.7 Å². The summed E-state index contributed by atoms with van der Waals surface area (Å²) in [6, 6.07) is 13.1. The summed E-state index contributed by atoms with van der Waals surface area (Å²) in [6.07, 6.45) is 1.55. The van der Waals surface area contributed by atoms with E-state index < -0.39 is 5.97 Å². The summed E-state index contributed by atoms with van der Waals surface area (Å²) in [5, 5.41) is 9.79. The Kier molecular flexibility index (Phi) is 6.82. The van der Waals surface area contributed by atoms with Crippen LogP contribution in [-0.2, 0) is 16.1 Å². The highest BCUT2D eigenvalue weighted by atomic mass is 35.5. The van der Waals surface area contributed by atoms with Crippen LogP contribution in [0.15, 0.2) is 42.0 Å². The first kappa shape index (κ1) is 19.6. The molecular formula is C21H20ClNO3. The maximum atomic E-state index is 11.9.